The second-order valence-electron chi connectivity index (χ2n) is 4.96. The first kappa shape index (κ1) is 14.1. The van der Waals surface area contributed by atoms with Crippen molar-refractivity contribution in [3.8, 4) is 0 Å². The Morgan fingerprint density at radius 2 is 1.32 bits per heavy atom. The van der Waals surface area contributed by atoms with Crippen LogP contribution in [0, 0.1) is 0 Å². The van der Waals surface area contributed by atoms with Gasteiger partial charge in [-0.25, -0.2) is 0 Å². The van der Waals surface area contributed by atoms with Gasteiger partial charge in [0.1, 0.15) is 11.5 Å². The average Bonchev–Trinajstić information content (AvgIpc) is 3.25. The van der Waals surface area contributed by atoms with E-state index < -0.39 is 0 Å². The molecule has 0 saturated heterocycles. The highest BCUT2D eigenvalue weighted by Crippen LogP contribution is 2.26. The van der Waals surface area contributed by atoms with Gasteiger partial charge in [0.15, 0.2) is 5.78 Å². The van der Waals surface area contributed by atoms with Crippen molar-refractivity contribution < 1.29 is 13.6 Å². The largest absolute Gasteiger partial charge is 0.465 e. The summed E-state index contributed by atoms with van der Waals surface area (Å²) in [5.74, 6) is 1.67. The summed E-state index contributed by atoms with van der Waals surface area (Å²) in [4.78, 5) is 12.2. The van der Waals surface area contributed by atoms with E-state index in [4.69, 9.17) is 8.83 Å². The molecule has 2 heterocycles. The molecule has 2 aromatic heterocycles. The lowest BCUT2D eigenvalue weighted by molar-refractivity contribution is -0.111. The summed E-state index contributed by atoms with van der Waals surface area (Å²) < 4.78 is 10.4. The second-order valence-corrected chi connectivity index (χ2v) is 4.96. The lowest BCUT2D eigenvalue weighted by Gasteiger charge is -1.91. The molecule has 0 aliphatic heterocycles. The molecule has 0 aromatic carbocycles. The predicted octanol–water partition coefficient (Wildman–Crippen LogP) is 4.81. The molecule has 0 atom stereocenters. The summed E-state index contributed by atoms with van der Waals surface area (Å²) in [6, 6.07) is 7.41. The monoisotopic (exact) mass is 292 g/mol. The zero-order valence-corrected chi connectivity index (χ0v) is 12.1. The van der Waals surface area contributed by atoms with Crippen molar-refractivity contribution in [1.82, 2.24) is 0 Å². The highest BCUT2D eigenvalue weighted by atomic mass is 16.3. The van der Waals surface area contributed by atoms with Gasteiger partial charge in [0, 0.05) is 11.1 Å². The van der Waals surface area contributed by atoms with E-state index in [0.717, 1.165) is 35.5 Å². The van der Waals surface area contributed by atoms with E-state index in [9.17, 15) is 4.79 Å². The number of ketones is 1. The molecule has 1 aliphatic rings. The number of hydrogen-bond donors (Lipinski definition) is 0. The molecule has 22 heavy (non-hydrogen) atoms. The van der Waals surface area contributed by atoms with E-state index in [1.165, 1.54) is 0 Å². The molecule has 3 heteroatoms. The van der Waals surface area contributed by atoms with E-state index in [2.05, 4.69) is 0 Å². The maximum atomic E-state index is 12.2. The Hall–Kier alpha value is -2.81. The standard InChI is InChI=1S/C19H16O3/c20-19-15(5-1-7-17-9-3-13-21-17)11-12-16(19)6-2-8-18-10-4-14-22-18/h1-10,13-14H,11-12H2/b7-1-,8-2+,15-5+,16-6-. The summed E-state index contributed by atoms with van der Waals surface area (Å²) in [6.45, 7) is 0. The van der Waals surface area contributed by atoms with E-state index in [-0.39, 0.29) is 5.78 Å². The maximum Gasteiger partial charge on any atom is 0.185 e. The lowest BCUT2D eigenvalue weighted by atomic mass is 10.1. The van der Waals surface area contributed by atoms with Gasteiger partial charge in [0.05, 0.1) is 12.5 Å². The molecule has 1 aliphatic carbocycles. The predicted molar refractivity (Wildman–Crippen MR) is 85.9 cm³/mol. The molecule has 1 saturated carbocycles. The quantitative estimate of drug-likeness (QED) is 0.759. The van der Waals surface area contributed by atoms with Gasteiger partial charge in [-0.15, -0.1) is 0 Å². The van der Waals surface area contributed by atoms with Crippen molar-refractivity contribution in [1.29, 1.82) is 0 Å². The van der Waals surface area contributed by atoms with Crippen LogP contribution in [-0.2, 0) is 4.79 Å². The van der Waals surface area contributed by atoms with Crippen LogP contribution in [0.5, 0.6) is 0 Å². The summed E-state index contributed by atoms with van der Waals surface area (Å²) in [7, 11) is 0. The minimum absolute atomic E-state index is 0.119. The van der Waals surface area contributed by atoms with Crippen molar-refractivity contribution in [2.45, 2.75) is 12.8 Å². The van der Waals surface area contributed by atoms with Crippen molar-refractivity contribution in [2.24, 2.45) is 0 Å². The molecule has 110 valence electrons. The lowest BCUT2D eigenvalue weighted by Crippen LogP contribution is -1.94. The summed E-state index contributed by atoms with van der Waals surface area (Å²) in [5.41, 5.74) is 1.67. The molecule has 1 fully saturated rings. The Morgan fingerprint density at radius 1 is 0.818 bits per heavy atom. The van der Waals surface area contributed by atoms with E-state index in [1.54, 1.807) is 12.5 Å². The Morgan fingerprint density at radius 3 is 1.73 bits per heavy atom. The Bertz CT molecular complexity index is 674. The van der Waals surface area contributed by atoms with Gasteiger partial charge in [-0.3, -0.25) is 4.79 Å². The molecule has 0 N–H and O–H groups in total. The maximum absolute atomic E-state index is 12.2. The van der Waals surface area contributed by atoms with Gasteiger partial charge >= 0.3 is 0 Å². The van der Waals surface area contributed by atoms with E-state index >= 15 is 0 Å². The fraction of sp³-hybridized carbons (Fsp3) is 0.105. The van der Waals surface area contributed by atoms with Crippen LogP contribution in [0.15, 0.2) is 81.1 Å². The van der Waals surface area contributed by atoms with Crippen LogP contribution in [0.2, 0.25) is 0 Å². The van der Waals surface area contributed by atoms with Crippen LogP contribution in [0.25, 0.3) is 12.2 Å². The van der Waals surface area contributed by atoms with Crippen LogP contribution in [0.4, 0.5) is 0 Å². The molecule has 0 bridgehead atoms. The van der Waals surface area contributed by atoms with Crippen molar-refractivity contribution in [3.05, 3.63) is 83.8 Å². The third-order valence-electron chi connectivity index (χ3n) is 3.45. The Balaban J connectivity index is 1.64. The number of carbonyl (C=O) groups excluding carboxylic acids is 1. The highest BCUT2D eigenvalue weighted by molar-refractivity contribution is 6.11. The normalized spacial score (nSPS) is 19.4. The average molecular weight is 292 g/mol. The van der Waals surface area contributed by atoms with Gasteiger partial charge in [-0.2, -0.15) is 0 Å². The molecule has 0 amide bonds. The fourth-order valence-corrected chi connectivity index (χ4v) is 2.31. The van der Waals surface area contributed by atoms with Crippen molar-refractivity contribution in [2.75, 3.05) is 0 Å². The minimum atomic E-state index is 0.119. The van der Waals surface area contributed by atoms with Crippen LogP contribution in [0.1, 0.15) is 24.4 Å². The molecular formula is C19H16O3. The van der Waals surface area contributed by atoms with Gasteiger partial charge < -0.3 is 8.83 Å². The van der Waals surface area contributed by atoms with Crippen LogP contribution >= 0.6 is 0 Å². The van der Waals surface area contributed by atoms with Crippen LogP contribution in [-0.4, -0.2) is 5.78 Å². The minimum Gasteiger partial charge on any atom is -0.465 e. The first-order chi connectivity index (χ1) is 10.8. The van der Waals surface area contributed by atoms with Gasteiger partial charge in [0.2, 0.25) is 0 Å². The molecule has 0 radical (unpaired) electrons. The van der Waals surface area contributed by atoms with E-state index in [0.29, 0.717) is 0 Å². The molecular weight excluding hydrogens is 276 g/mol. The molecule has 0 unspecified atom stereocenters. The molecule has 0 spiro atoms. The third-order valence-corrected chi connectivity index (χ3v) is 3.45. The number of Topliss-reactive ketones (excluding diaryl/α,β-unsaturated/α-hetero) is 1. The summed E-state index contributed by atoms with van der Waals surface area (Å²) in [5, 5.41) is 0. The van der Waals surface area contributed by atoms with Crippen molar-refractivity contribution in [3.63, 3.8) is 0 Å². The van der Waals surface area contributed by atoms with Crippen LogP contribution < -0.4 is 0 Å². The molecule has 2 aromatic rings. The third kappa shape index (κ3) is 3.44. The number of carbonyl (C=O) groups is 1. The number of hydrogen-bond acceptors (Lipinski definition) is 3. The first-order valence-corrected chi connectivity index (χ1v) is 7.19. The SMILES string of the molecule is O=C1/C(=C\C=C\c2ccco2)CC/C1=C\C=C/c1ccco1. The first-order valence-electron chi connectivity index (χ1n) is 7.19. The Labute approximate surface area is 128 Å². The smallest absolute Gasteiger partial charge is 0.185 e. The number of rotatable bonds is 4. The second kappa shape index (κ2) is 6.76. The van der Waals surface area contributed by atoms with Crippen molar-refractivity contribution >= 4 is 17.9 Å². The van der Waals surface area contributed by atoms with E-state index in [1.807, 2.05) is 60.7 Å². The highest BCUT2D eigenvalue weighted by Gasteiger charge is 2.21. The molecule has 3 rings (SSSR count). The van der Waals surface area contributed by atoms with Gasteiger partial charge in [-0.1, -0.05) is 24.3 Å². The Kier molecular flexibility index (Phi) is 4.35. The fourth-order valence-electron chi connectivity index (χ4n) is 2.31. The number of allylic oxidation sites excluding steroid dienone is 6. The van der Waals surface area contributed by atoms with Gasteiger partial charge in [0.25, 0.3) is 0 Å². The zero-order chi connectivity index (χ0) is 15.2. The molecule has 3 nitrogen and oxygen atoms in total. The zero-order valence-electron chi connectivity index (χ0n) is 12.1. The van der Waals surface area contributed by atoms with Gasteiger partial charge in [-0.05, 0) is 49.3 Å². The summed E-state index contributed by atoms with van der Waals surface area (Å²) >= 11 is 0. The number of furan rings is 2. The summed E-state index contributed by atoms with van der Waals surface area (Å²) in [6.07, 6.45) is 15.9. The van der Waals surface area contributed by atoms with Crippen LogP contribution in [0.3, 0.4) is 0 Å². The topological polar surface area (TPSA) is 43.4 Å².